The van der Waals surface area contributed by atoms with Crippen LogP contribution in [0.15, 0.2) is 158 Å². The van der Waals surface area contributed by atoms with Crippen molar-refractivity contribution in [3.8, 4) is 0 Å². The first-order chi connectivity index (χ1) is 23.6. The lowest BCUT2D eigenvalue weighted by atomic mass is 9.75. The molecular weight excluding hydrogens is 641 g/mol. The van der Waals surface area contributed by atoms with E-state index in [1.165, 1.54) is 43.3 Å². The minimum atomic E-state index is -2.80. The number of rotatable bonds is 8. The zero-order valence-electron chi connectivity index (χ0n) is 29.7. The third kappa shape index (κ3) is 6.13. The molecule has 4 unspecified atom stereocenters. The number of hydrogen-bond acceptors (Lipinski definition) is 2. The SMILES string of the molecule is C[Si](C)(C)c1ccc(C2C(c3ccccc3)C(c3ccccc3)C(c3ccc([Si](C)(C)C)nc3)[Si]2(c2ccccc2)c2ccccc2)cn1. The van der Waals surface area contributed by atoms with E-state index in [2.05, 4.69) is 197 Å². The molecule has 3 heterocycles. The van der Waals surface area contributed by atoms with E-state index in [1.54, 1.807) is 0 Å². The van der Waals surface area contributed by atoms with Crippen LogP contribution in [0.3, 0.4) is 0 Å². The fourth-order valence-electron chi connectivity index (χ4n) is 8.64. The highest BCUT2D eigenvalue weighted by molar-refractivity contribution is 7.05. The molecule has 0 N–H and O–H groups in total. The number of nitrogens with zero attached hydrogens (tertiary/aromatic N) is 2. The van der Waals surface area contributed by atoms with Crippen molar-refractivity contribution in [2.75, 3.05) is 0 Å². The normalized spacial score (nSPS) is 20.6. The predicted molar refractivity (Wildman–Crippen MR) is 216 cm³/mol. The van der Waals surface area contributed by atoms with Crippen molar-refractivity contribution in [3.63, 3.8) is 0 Å². The van der Waals surface area contributed by atoms with E-state index in [0.717, 1.165) is 0 Å². The molecule has 2 aromatic heterocycles. The topological polar surface area (TPSA) is 25.8 Å². The lowest BCUT2D eigenvalue weighted by molar-refractivity contribution is 0.552. The van der Waals surface area contributed by atoms with Gasteiger partial charge in [0.15, 0.2) is 0 Å². The molecular formula is C44H48N2Si3. The van der Waals surface area contributed by atoms with Gasteiger partial charge >= 0.3 is 0 Å². The van der Waals surface area contributed by atoms with Crippen LogP contribution in [-0.2, 0) is 0 Å². The fourth-order valence-corrected chi connectivity index (χ4v) is 17.7. The Kier molecular flexibility index (Phi) is 9.03. The average molecular weight is 689 g/mol. The van der Waals surface area contributed by atoms with Crippen LogP contribution >= 0.6 is 0 Å². The first-order valence-electron chi connectivity index (χ1n) is 17.7. The van der Waals surface area contributed by atoms with Gasteiger partial charge in [0.25, 0.3) is 0 Å². The average Bonchev–Trinajstić information content (AvgIpc) is 3.45. The van der Waals surface area contributed by atoms with Crippen molar-refractivity contribution in [1.82, 2.24) is 9.97 Å². The molecule has 0 saturated carbocycles. The molecule has 1 saturated heterocycles. The van der Waals surface area contributed by atoms with Crippen molar-refractivity contribution in [2.24, 2.45) is 0 Å². The van der Waals surface area contributed by atoms with Gasteiger partial charge in [-0.2, -0.15) is 0 Å². The van der Waals surface area contributed by atoms with Crippen LogP contribution in [0.5, 0.6) is 0 Å². The lowest BCUT2D eigenvalue weighted by Crippen LogP contribution is -2.64. The molecule has 7 rings (SSSR count). The maximum Gasteiger partial charge on any atom is 0.133 e. The molecule has 5 heteroatoms. The van der Waals surface area contributed by atoms with E-state index < -0.39 is 24.2 Å². The summed E-state index contributed by atoms with van der Waals surface area (Å²) in [5.74, 6) is 0.439. The van der Waals surface area contributed by atoms with Crippen molar-refractivity contribution in [3.05, 3.63) is 180 Å². The molecule has 0 bridgehead atoms. The summed E-state index contributed by atoms with van der Waals surface area (Å²) in [5, 5.41) is 5.47. The molecule has 1 aliphatic rings. The van der Waals surface area contributed by atoms with Crippen LogP contribution in [0.4, 0.5) is 0 Å². The Morgan fingerprint density at radius 3 is 1.00 bits per heavy atom. The Morgan fingerprint density at radius 2 is 0.714 bits per heavy atom. The van der Waals surface area contributed by atoms with Gasteiger partial charge in [0.2, 0.25) is 0 Å². The zero-order chi connectivity index (χ0) is 34.2. The third-order valence-electron chi connectivity index (χ3n) is 10.8. The number of pyridine rings is 2. The van der Waals surface area contributed by atoms with Gasteiger partial charge in [-0.15, -0.1) is 0 Å². The van der Waals surface area contributed by atoms with E-state index in [4.69, 9.17) is 9.97 Å². The summed E-state index contributed by atoms with van der Waals surface area (Å²) in [6.45, 7) is 14.4. The van der Waals surface area contributed by atoms with Crippen LogP contribution in [0.2, 0.25) is 39.3 Å². The van der Waals surface area contributed by atoms with Crippen LogP contribution in [0, 0.1) is 0 Å². The van der Waals surface area contributed by atoms with Crippen molar-refractivity contribution in [2.45, 2.75) is 62.2 Å². The summed E-state index contributed by atoms with van der Waals surface area (Å²) >= 11 is 0. The van der Waals surface area contributed by atoms with Crippen molar-refractivity contribution >= 4 is 45.2 Å². The monoisotopic (exact) mass is 688 g/mol. The van der Waals surface area contributed by atoms with Gasteiger partial charge in [-0.25, -0.2) is 0 Å². The maximum absolute atomic E-state index is 5.29. The molecule has 1 aliphatic heterocycles. The molecule has 1 fully saturated rings. The van der Waals surface area contributed by atoms with E-state index >= 15 is 0 Å². The second kappa shape index (κ2) is 13.3. The highest BCUT2D eigenvalue weighted by Gasteiger charge is 2.64. The van der Waals surface area contributed by atoms with Crippen molar-refractivity contribution in [1.29, 1.82) is 0 Å². The molecule has 4 atom stereocenters. The minimum Gasteiger partial charge on any atom is -0.266 e. The van der Waals surface area contributed by atoms with Gasteiger partial charge in [0.05, 0.1) is 0 Å². The Morgan fingerprint density at radius 1 is 0.388 bits per heavy atom. The van der Waals surface area contributed by atoms with E-state index in [1.807, 2.05) is 0 Å². The molecule has 0 spiro atoms. The third-order valence-corrected chi connectivity index (χ3v) is 20.4. The van der Waals surface area contributed by atoms with E-state index in [0.29, 0.717) is 0 Å². The van der Waals surface area contributed by atoms with Crippen molar-refractivity contribution < 1.29 is 0 Å². The first-order valence-corrected chi connectivity index (χ1v) is 26.9. The molecule has 246 valence electrons. The zero-order valence-corrected chi connectivity index (χ0v) is 32.7. The summed E-state index contributed by atoms with van der Waals surface area (Å²) < 4.78 is 0. The summed E-state index contributed by atoms with van der Waals surface area (Å²) in [6, 6.07) is 55.5. The molecule has 0 amide bonds. The molecule has 4 aromatic carbocycles. The van der Waals surface area contributed by atoms with E-state index in [9.17, 15) is 0 Å². The fraction of sp³-hybridized carbons (Fsp3) is 0.227. The standard InChI is InChI=1S/C44H48N2Si3/c1-47(2,3)39-29-27-35(31-45-39)43-41(33-19-11-7-12-20-33)42(34-21-13-8-14-22-34)44(36-28-30-40(46-32-36)48(4,5)6)49(43,37-23-15-9-16-24-37)38-25-17-10-18-26-38/h7-32,41-44H,1-6H3. The van der Waals surface area contributed by atoms with Crippen LogP contribution in [-0.4, -0.2) is 34.2 Å². The first kappa shape index (κ1) is 33.3. The van der Waals surface area contributed by atoms with Crippen LogP contribution in [0.1, 0.15) is 45.2 Å². The number of benzene rings is 4. The smallest absolute Gasteiger partial charge is 0.133 e. The Labute approximate surface area is 296 Å². The van der Waals surface area contributed by atoms with Gasteiger partial charge in [-0.05, 0) is 57.3 Å². The van der Waals surface area contributed by atoms with Gasteiger partial charge < -0.3 is 0 Å². The summed E-state index contributed by atoms with van der Waals surface area (Å²) in [7, 11) is -6.00. The summed E-state index contributed by atoms with van der Waals surface area (Å²) in [6.07, 6.45) is 4.53. The Balaban J connectivity index is 1.64. The maximum atomic E-state index is 5.29. The number of hydrogen-bond donors (Lipinski definition) is 0. The second-order valence-electron chi connectivity index (χ2n) is 15.9. The van der Waals surface area contributed by atoms with Crippen LogP contribution in [0.25, 0.3) is 0 Å². The molecule has 49 heavy (non-hydrogen) atoms. The molecule has 0 radical (unpaired) electrons. The second-order valence-corrected chi connectivity index (χ2v) is 30.0. The highest BCUT2D eigenvalue weighted by atomic mass is 28.3. The Bertz CT molecular complexity index is 1820. The summed E-state index contributed by atoms with van der Waals surface area (Å²) in [4.78, 5) is 10.6. The Hall–Kier alpha value is -4.17. The number of aromatic nitrogens is 2. The largest absolute Gasteiger partial charge is 0.266 e. The highest BCUT2D eigenvalue weighted by Crippen LogP contribution is 2.63. The van der Waals surface area contributed by atoms with Gasteiger partial charge in [-0.3, -0.25) is 9.97 Å². The predicted octanol–water partition coefficient (Wildman–Crippen LogP) is 8.36. The minimum absolute atomic E-state index is 0.217. The molecule has 6 aromatic rings. The van der Waals surface area contributed by atoms with E-state index in [-0.39, 0.29) is 22.9 Å². The molecule has 0 aliphatic carbocycles. The lowest BCUT2D eigenvalue weighted by Gasteiger charge is -2.41. The van der Waals surface area contributed by atoms with Gasteiger partial charge in [0.1, 0.15) is 24.2 Å². The van der Waals surface area contributed by atoms with Crippen LogP contribution < -0.4 is 21.0 Å². The van der Waals surface area contributed by atoms with Gasteiger partial charge in [-0.1, -0.05) is 183 Å². The van der Waals surface area contributed by atoms with Gasteiger partial charge in [0, 0.05) is 23.0 Å². The quantitative estimate of drug-likeness (QED) is 0.150. The molecule has 2 nitrogen and oxygen atoms in total. The summed E-state index contributed by atoms with van der Waals surface area (Å²) in [5.41, 5.74) is 5.93.